The highest BCUT2D eigenvalue weighted by atomic mass is 32.1. The number of fused-ring (bicyclic) bond motifs is 5. The van der Waals surface area contributed by atoms with E-state index < -0.39 is 69.0 Å². The van der Waals surface area contributed by atoms with E-state index in [1.807, 2.05) is 0 Å². The van der Waals surface area contributed by atoms with Gasteiger partial charge in [-0.3, -0.25) is 9.59 Å². The molecule has 5 rings (SSSR count). The first kappa shape index (κ1) is 25.7. The average Bonchev–Trinajstić information content (AvgIpc) is 3.32. The van der Waals surface area contributed by atoms with Crippen LogP contribution in [0.2, 0.25) is 0 Å². The summed E-state index contributed by atoms with van der Waals surface area (Å²) in [7, 11) is 0. The van der Waals surface area contributed by atoms with Gasteiger partial charge in [0, 0.05) is 22.7 Å². The summed E-state index contributed by atoms with van der Waals surface area (Å²) in [5.41, 5.74) is -4.77. The number of thiazole rings is 1. The van der Waals surface area contributed by atoms with Gasteiger partial charge in [0.25, 0.3) is 0 Å². The lowest BCUT2D eigenvalue weighted by Crippen LogP contribution is -2.70. The number of hydrogen-bond donors (Lipinski definition) is 2. The number of ether oxygens (including phenoxy) is 1. The first-order valence-corrected chi connectivity index (χ1v) is 13.4. The van der Waals surface area contributed by atoms with E-state index in [1.54, 1.807) is 20.8 Å². The molecule has 10 heteroatoms. The number of rotatable bonds is 3. The van der Waals surface area contributed by atoms with E-state index in [9.17, 15) is 19.5 Å². The first-order valence-electron chi connectivity index (χ1n) is 12.1. The fourth-order valence-corrected chi connectivity index (χ4v) is 9.13. The van der Waals surface area contributed by atoms with Gasteiger partial charge in [-0.15, -0.1) is 24.0 Å². The number of aryl methyl sites for hydroxylation is 1. The van der Waals surface area contributed by atoms with Crippen LogP contribution in [-0.4, -0.2) is 50.5 Å². The van der Waals surface area contributed by atoms with Gasteiger partial charge in [0.05, 0.1) is 17.3 Å². The molecule has 0 radical (unpaired) electrons. The fraction of sp³-hybridized carbons (Fsp3) is 0.615. The molecule has 0 bridgehead atoms. The molecule has 6 nitrogen and oxygen atoms in total. The minimum absolute atomic E-state index is 0.0334. The van der Waals surface area contributed by atoms with Gasteiger partial charge in [0.15, 0.2) is 17.1 Å². The molecule has 0 spiro atoms. The van der Waals surface area contributed by atoms with Crippen molar-refractivity contribution in [2.45, 2.75) is 70.5 Å². The van der Waals surface area contributed by atoms with Gasteiger partial charge in [-0.1, -0.05) is 19.9 Å². The van der Waals surface area contributed by atoms with Crippen LogP contribution in [0.3, 0.4) is 0 Å². The number of hydrogen-bond acceptors (Lipinski definition) is 7. The fourth-order valence-electron chi connectivity index (χ4n) is 7.93. The topological polar surface area (TPSA) is 93.6 Å². The summed E-state index contributed by atoms with van der Waals surface area (Å²) >= 11 is 5.25. The number of aliphatic hydroxyl groups excluding tert-OH is 1. The van der Waals surface area contributed by atoms with E-state index in [-0.39, 0.29) is 29.7 Å². The molecule has 3 saturated carbocycles. The van der Waals surface area contributed by atoms with Crippen molar-refractivity contribution in [1.29, 1.82) is 0 Å². The maximum atomic E-state index is 17.3. The van der Waals surface area contributed by atoms with Gasteiger partial charge in [-0.25, -0.2) is 18.6 Å². The van der Waals surface area contributed by atoms with E-state index in [1.165, 1.54) is 24.6 Å². The molecule has 5 unspecified atom stereocenters. The molecule has 1 N–H and O–H groups in total. The van der Waals surface area contributed by atoms with Gasteiger partial charge in [-0.05, 0) is 56.8 Å². The van der Waals surface area contributed by atoms with E-state index in [4.69, 9.17) is 4.74 Å². The highest BCUT2D eigenvalue weighted by molar-refractivity contribution is 7.96. The summed E-state index contributed by atoms with van der Waals surface area (Å²) in [4.78, 5) is 42.8. The monoisotopic (exact) mass is 537 g/mol. The van der Waals surface area contributed by atoms with Crippen molar-refractivity contribution in [2.75, 3.05) is 0 Å². The second-order valence-corrected chi connectivity index (χ2v) is 12.5. The minimum Gasteiger partial charge on any atom is -0.445 e. The van der Waals surface area contributed by atoms with Crippen molar-refractivity contribution < 1.29 is 33.0 Å². The van der Waals surface area contributed by atoms with Crippen molar-refractivity contribution in [3.05, 3.63) is 39.9 Å². The zero-order valence-corrected chi connectivity index (χ0v) is 22.2. The molecule has 1 aromatic rings. The van der Waals surface area contributed by atoms with Gasteiger partial charge >= 0.3 is 5.97 Å². The minimum atomic E-state index is -2.28. The summed E-state index contributed by atoms with van der Waals surface area (Å²) in [5.74, 6) is -3.27. The van der Waals surface area contributed by atoms with Crippen molar-refractivity contribution in [1.82, 2.24) is 4.98 Å². The molecule has 4 aliphatic carbocycles. The number of ketones is 1. The predicted molar refractivity (Wildman–Crippen MR) is 132 cm³/mol. The van der Waals surface area contributed by atoms with Crippen molar-refractivity contribution in [2.24, 2.45) is 28.6 Å². The molecule has 0 saturated heterocycles. The molecule has 0 aromatic carbocycles. The second kappa shape index (κ2) is 8.04. The third kappa shape index (κ3) is 2.98. The van der Waals surface area contributed by atoms with Crippen molar-refractivity contribution in [3.8, 4) is 0 Å². The maximum absolute atomic E-state index is 17.3. The molecule has 0 aliphatic heterocycles. The molecule has 9 atom stereocenters. The summed E-state index contributed by atoms with van der Waals surface area (Å²) < 4.78 is 38.9. The Kier molecular flexibility index (Phi) is 5.75. The Morgan fingerprint density at radius 3 is 2.58 bits per heavy atom. The van der Waals surface area contributed by atoms with Crippen LogP contribution in [0.4, 0.5) is 8.78 Å². The molecular formula is C26H29F2NO5S2. The molecule has 4 aliphatic rings. The SMILES string of the molecule is Cc1ncsc1C(=O)OC1(C(=O)S)C(C)C[C@H]2[C@@H]3CC(F)C4=CC(=O)C=C[C@]4(C)C3(F)C(O)C[C@@]21C. The van der Waals surface area contributed by atoms with E-state index in [0.29, 0.717) is 5.69 Å². The van der Waals surface area contributed by atoms with E-state index in [2.05, 4.69) is 17.6 Å². The van der Waals surface area contributed by atoms with E-state index in [0.717, 1.165) is 17.4 Å². The third-order valence-electron chi connectivity index (χ3n) is 9.67. The lowest BCUT2D eigenvalue weighted by atomic mass is 9.44. The number of alkyl halides is 2. The van der Waals surface area contributed by atoms with Crippen LogP contribution in [0.5, 0.6) is 0 Å². The Bertz CT molecular complexity index is 1230. The van der Waals surface area contributed by atoms with Crippen molar-refractivity contribution >= 4 is 40.8 Å². The van der Waals surface area contributed by atoms with Gasteiger partial charge in [0.1, 0.15) is 11.0 Å². The molecular weight excluding hydrogens is 508 g/mol. The number of esters is 1. The number of thiol groups is 1. The highest BCUT2D eigenvalue weighted by Gasteiger charge is 2.78. The van der Waals surface area contributed by atoms with Gasteiger partial charge in [0.2, 0.25) is 5.12 Å². The number of halogens is 2. The smallest absolute Gasteiger partial charge is 0.351 e. The molecule has 3 fully saturated rings. The van der Waals surface area contributed by atoms with Gasteiger partial charge < -0.3 is 9.84 Å². The van der Waals surface area contributed by atoms with Crippen LogP contribution >= 0.6 is 24.0 Å². The standard InChI is InChI=1S/C26H29F2NO5S2/c1-12-7-15-16-9-18(27)17-8-14(30)5-6-23(17,3)25(16,28)19(31)10-24(15,4)26(12,22(33)35)34-21(32)20-13(2)29-11-36-20/h5-6,8,11-12,15-16,18-19,31H,7,9-10H2,1-4H3,(H,33,35)/t12?,15-,16-,18?,19?,23-,24-,25?,26?/m0/s1. The first-order chi connectivity index (χ1) is 16.7. The van der Waals surface area contributed by atoms with Gasteiger partial charge in [-0.2, -0.15) is 0 Å². The molecule has 1 aromatic heterocycles. The Morgan fingerprint density at radius 2 is 1.97 bits per heavy atom. The molecule has 0 amide bonds. The normalized spacial score (nSPS) is 45.4. The average molecular weight is 538 g/mol. The number of aromatic nitrogens is 1. The maximum Gasteiger partial charge on any atom is 0.351 e. The summed E-state index contributed by atoms with van der Waals surface area (Å²) in [6.45, 7) is 6.64. The van der Waals surface area contributed by atoms with Crippen LogP contribution in [-0.2, 0) is 14.3 Å². The summed E-state index contributed by atoms with van der Waals surface area (Å²) in [5, 5.41) is 10.8. The summed E-state index contributed by atoms with van der Waals surface area (Å²) in [6.07, 6.45) is 0.372. The Morgan fingerprint density at radius 1 is 1.28 bits per heavy atom. The lowest BCUT2D eigenvalue weighted by molar-refractivity contribution is -0.221. The Balaban J connectivity index is 1.62. The van der Waals surface area contributed by atoms with Crippen LogP contribution in [0.1, 0.15) is 55.4 Å². The number of carbonyl (C=O) groups is 3. The van der Waals surface area contributed by atoms with Crippen LogP contribution in [0.25, 0.3) is 0 Å². The highest BCUT2D eigenvalue weighted by Crippen LogP contribution is 2.71. The van der Waals surface area contributed by atoms with E-state index >= 15 is 8.78 Å². The van der Waals surface area contributed by atoms with Crippen LogP contribution in [0, 0.1) is 35.5 Å². The zero-order valence-electron chi connectivity index (χ0n) is 20.5. The molecule has 1 heterocycles. The number of aliphatic hydroxyl groups is 1. The largest absolute Gasteiger partial charge is 0.445 e. The van der Waals surface area contributed by atoms with Crippen LogP contribution in [0.15, 0.2) is 29.3 Å². The molecule has 36 heavy (non-hydrogen) atoms. The predicted octanol–water partition coefficient (Wildman–Crippen LogP) is 4.37. The second-order valence-electron chi connectivity index (χ2n) is 11.2. The molecule has 194 valence electrons. The van der Waals surface area contributed by atoms with Crippen molar-refractivity contribution in [3.63, 3.8) is 0 Å². The Hall–Kier alpha value is -1.91. The third-order valence-corrected chi connectivity index (χ3v) is 10.9. The number of nitrogens with zero attached hydrogens (tertiary/aromatic N) is 1. The Labute approximate surface area is 217 Å². The van der Waals surface area contributed by atoms with Crippen LogP contribution < -0.4 is 0 Å². The number of allylic oxidation sites excluding steroid dienone is 4. The lowest BCUT2D eigenvalue weighted by Gasteiger charge is -2.63. The summed E-state index contributed by atoms with van der Waals surface area (Å²) in [6, 6.07) is 0. The quantitative estimate of drug-likeness (QED) is 0.440. The number of carbonyl (C=O) groups excluding carboxylic acids is 3. The zero-order chi connectivity index (χ0) is 26.4.